The molecule has 0 radical (unpaired) electrons. The minimum Gasteiger partial charge on any atom is -0.309 e. The maximum Gasteiger partial charge on any atom is 0.252 e. The smallest absolute Gasteiger partial charge is 0.252 e. The zero-order valence-corrected chi connectivity index (χ0v) is 61.8. The molecule has 105 heavy (non-hydrogen) atoms. The van der Waals surface area contributed by atoms with Crippen molar-refractivity contribution in [2.75, 3.05) is 9.80 Å². The van der Waals surface area contributed by atoms with Crippen LogP contribution in [-0.4, -0.2) is 25.0 Å². The Labute approximate surface area is 642 Å². The van der Waals surface area contributed by atoms with E-state index in [-0.39, 0.29) is 76.6 Å². The predicted octanol–water partition coefficient (Wildman–Crippen LogP) is 24.6. The Balaban J connectivity index is 1.02. The SMILES string of the molecule is [2H]c1c([2H])c([2H])c(-n2c3c(N4c5cc(-n6c7ccc(C(C)(C)C)cc7c7cc(C(C)(C)C)ccc76)ccc5B5c6ccc(-n7c8ccc(C(C)(C)C)cc8c8cc(C(C)(C)C)ccc87)cc6N(c6cccc7c8c([2H])c([2H])c([2H])c([2H])c8n(-c8c([2H])c([2H])c([2H])c([2H])c8[2H])c67)c6cc(C(C)(C)C)cc4c65)cccc3c3c([2H])c([2H])c([2H])c([2H])c32)c([2H])c1[2H]. The molecule has 514 valence electrons. The van der Waals surface area contributed by atoms with E-state index >= 15 is 0 Å². The lowest BCUT2D eigenvalue weighted by atomic mass is 9.33. The summed E-state index contributed by atoms with van der Waals surface area (Å²) < 4.78 is 179. The number of benzene rings is 13. The van der Waals surface area contributed by atoms with E-state index < -0.39 is 121 Å². The normalized spacial score (nSPS) is 16.0. The number of nitrogens with zero attached hydrogens (tertiary/aromatic N) is 6. The van der Waals surface area contributed by atoms with E-state index in [1.54, 1.807) is 12.1 Å². The van der Waals surface area contributed by atoms with Crippen molar-refractivity contribution in [1.29, 1.82) is 0 Å². The molecular weight excluding hydrogens is 1270 g/mol. The molecule has 19 rings (SSSR count). The summed E-state index contributed by atoms with van der Waals surface area (Å²) in [6.45, 7) is 32.1. The van der Waals surface area contributed by atoms with Crippen LogP contribution in [0.3, 0.4) is 0 Å². The molecule has 0 unspecified atom stereocenters. The van der Waals surface area contributed by atoms with E-state index in [2.05, 4.69) is 244 Å². The van der Waals surface area contributed by atoms with Crippen molar-refractivity contribution in [2.24, 2.45) is 0 Å². The van der Waals surface area contributed by atoms with Gasteiger partial charge in [-0.05, 0) is 205 Å². The number of aromatic nitrogens is 4. The number of fused-ring (bicyclic) bond motifs is 16. The first-order chi connectivity index (χ1) is 57.7. The fourth-order valence-electron chi connectivity index (χ4n) is 16.7. The van der Waals surface area contributed by atoms with Crippen LogP contribution >= 0.6 is 0 Å². The van der Waals surface area contributed by atoms with Crippen molar-refractivity contribution in [1.82, 2.24) is 18.3 Å². The molecule has 6 heterocycles. The zero-order chi connectivity index (χ0) is 87.9. The molecule has 0 aliphatic carbocycles. The summed E-state index contributed by atoms with van der Waals surface area (Å²) in [5, 5.41) is 4.81. The van der Waals surface area contributed by atoms with Crippen LogP contribution in [0.4, 0.5) is 34.1 Å². The largest absolute Gasteiger partial charge is 0.309 e. The third-order valence-electron chi connectivity index (χ3n) is 22.1. The highest BCUT2D eigenvalue weighted by molar-refractivity contribution is 7.00. The summed E-state index contributed by atoms with van der Waals surface area (Å²) in [6, 6.07) is 44.2. The second kappa shape index (κ2) is 22.6. The van der Waals surface area contributed by atoms with Crippen molar-refractivity contribution in [2.45, 2.75) is 131 Å². The Bertz CT molecular complexity index is 7020. The molecular formula is C98H89BN6. The van der Waals surface area contributed by atoms with Crippen LogP contribution in [0.2, 0.25) is 0 Å². The minimum atomic E-state index is -0.753. The summed E-state index contributed by atoms with van der Waals surface area (Å²) in [7, 11) is 0. The molecule has 0 fully saturated rings. The van der Waals surface area contributed by atoms with Gasteiger partial charge in [-0.1, -0.05) is 237 Å². The van der Waals surface area contributed by atoms with E-state index in [1.165, 1.54) is 9.13 Å². The van der Waals surface area contributed by atoms with Gasteiger partial charge >= 0.3 is 0 Å². The monoisotopic (exact) mass is 1380 g/mol. The van der Waals surface area contributed by atoms with Gasteiger partial charge in [0.1, 0.15) is 0 Å². The molecule has 0 atom stereocenters. The van der Waals surface area contributed by atoms with E-state index in [9.17, 15) is 21.9 Å². The predicted molar refractivity (Wildman–Crippen MR) is 451 cm³/mol. The van der Waals surface area contributed by atoms with Gasteiger partial charge in [-0.3, -0.25) is 0 Å². The van der Waals surface area contributed by atoms with Crippen molar-refractivity contribution in [3.63, 3.8) is 0 Å². The summed E-state index contributed by atoms with van der Waals surface area (Å²) >= 11 is 0. The van der Waals surface area contributed by atoms with Crippen LogP contribution < -0.4 is 26.2 Å². The number of rotatable bonds is 6. The van der Waals surface area contributed by atoms with Gasteiger partial charge in [0.2, 0.25) is 0 Å². The quantitative estimate of drug-likeness (QED) is 0.155. The summed E-state index contributed by atoms with van der Waals surface area (Å²) in [6.07, 6.45) is 0. The second-order valence-corrected chi connectivity index (χ2v) is 33.8. The Morgan fingerprint density at radius 2 is 0.581 bits per heavy atom. The lowest BCUT2D eigenvalue weighted by molar-refractivity contribution is 0.590. The van der Waals surface area contributed by atoms with Gasteiger partial charge in [0.05, 0.1) is 80.2 Å². The Morgan fingerprint density at radius 3 is 0.924 bits per heavy atom. The van der Waals surface area contributed by atoms with Gasteiger partial charge in [0.25, 0.3) is 6.71 Å². The lowest BCUT2D eigenvalue weighted by Gasteiger charge is -2.45. The van der Waals surface area contributed by atoms with E-state index in [0.29, 0.717) is 39.6 Å². The third kappa shape index (κ3) is 9.82. The van der Waals surface area contributed by atoms with Crippen molar-refractivity contribution < 1.29 is 24.7 Å². The van der Waals surface area contributed by atoms with E-state index in [1.807, 2.05) is 24.3 Å². The number of anilines is 6. The van der Waals surface area contributed by atoms with Gasteiger partial charge in [-0.2, -0.15) is 0 Å². The molecule has 7 heteroatoms. The Morgan fingerprint density at radius 1 is 0.248 bits per heavy atom. The summed E-state index contributed by atoms with van der Waals surface area (Å²) in [5.74, 6) is 0. The number of para-hydroxylation sites is 6. The van der Waals surface area contributed by atoms with Crippen LogP contribution in [0.15, 0.2) is 266 Å². The first-order valence-electron chi connectivity index (χ1n) is 45.2. The molecule has 6 nitrogen and oxygen atoms in total. The van der Waals surface area contributed by atoms with Gasteiger partial charge in [-0.25, -0.2) is 0 Å². The molecule has 4 aromatic heterocycles. The molecule has 2 aliphatic heterocycles. The highest BCUT2D eigenvalue weighted by Gasteiger charge is 2.46. The van der Waals surface area contributed by atoms with Gasteiger partial charge in [-0.15, -0.1) is 0 Å². The van der Waals surface area contributed by atoms with Crippen molar-refractivity contribution in [3.05, 3.63) is 294 Å². The molecule has 17 aromatic rings. The molecule has 0 spiro atoms. The van der Waals surface area contributed by atoms with Gasteiger partial charge in [0, 0.05) is 88.6 Å². The van der Waals surface area contributed by atoms with Crippen molar-refractivity contribution >= 4 is 144 Å². The molecule has 2 aliphatic rings. The lowest BCUT2D eigenvalue weighted by Crippen LogP contribution is -2.61. The van der Waals surface area contributed by atoms with Crippen molar-refractivity contribution in [3.8, 4) is 22.7 Å². The summed E-state index contributed by atoms with van der Waals surface area (Å²) in [5.41, 5.74) is 13.7. The second-order valence-electron chi connectivity index (χ2n) is 33.8. The van der Waals surface area contributed by atoms with Crippen LogP contribution in [0, 0.1) is 0 Å². The Kier molecular flexibility index (Phi) is 10.3. The first-order valence-corrected chi connectivity index (χ1v) is 36.2. The molecule has 0 saturated heterocycles. The maximum absolute atomic E-state index is 9.96. The van der Waals surface area contributed by atoms with Gasteiger partial charge in [0.15, 0.2) is 0 Å². The van der Waals surface area contributed by atoms with E-state index in [0.717, 1.165) is 93.7 Å². The highest BCUT2D eigenvalue weighted by Crippen LogP contribution is 2.53. The average Bonchev–Trinajstić information content (AvgIpc) is 1.45. The van der Waals surface area contributed by atoms with E-state index in [4.69, 9.17) is 2.74 Å². The van der Waals surface area contributed by atoms with Crippen LogP contribution in [0.5, 0.6) is 0 Å². The zero-order valence-electron chi connectivity index (χ0n) is 79.8. The Hall–Kier alpha value is -11.3. The molecule has 0 N–H and O–H groups in total. The highest BCUT2D eigenvalue weighted by atomic mass is 15.2. The topological polar surface area (TPSA) is 26.2 Å². The van der Waals surface area contributed by atoms with Crippen LogP contribution in [0.25, 0.3) is 110 Å². The molecule has 13 aromatic carbocycles. The third-order valence-corrected chi connectivity index (χ3v) is 22.1. The van der Waals surface area contributed by atoms with Gasteiger partial charge < -0.3 is 28.1 Å². The molecule has 0 bridgehead atoms. The first kappa shape index (κ1) is 47.9. The fraction of sp³-hybridized carbons (Fsp3) is 0.204. The minimum absolute atomic E-state index is 0.0429. The van der Waals surface area contributed by atoms with Crippen LogP contribution in [-0.2, 0) is 27.1 Å². The molecule has 0 saturated carbocycles. The van der Waals surface area contributed by atoms with Crippen LogP contribution in [0.1, 0.15) is 156 Å². The average molecular weight is 1380 g/mol. The number of hydrogen-bond acceptors (Lipinski definition) is 2. The fourth-order valence-corrected chi connectivity index (χ4v) is 16.7. The maximum atomic E-state index is 9.96. The molecule has 0 amide bonds. The number of hydrogen-bond donors (Lipinski definition) is 0. The standard InChI is InChI=1S/C98H89BN6/c1-94(2,3)60-40-48-81-73(52-60)74-53-61(95(4,5)6)41-49-82(74)100(81)67-44-46-77-87(58-67)104(85-38-26-34-71-69-32-22-24-36-79(69)102(92(71)85)65-28-18-16-19-29-65)89-56-64(98(13,14)15)57-90-91(89)99(77)78-47-45-68(101-83-50-42-62(96(7,8)9)54-75(83)76-55-63(97(10,11)12)43-51-84(76)101)59-88(78)105(90)86-39-27-35-72-70-33-23-25-37-80(70)103(93(72)86)66-30-20-17-21-31-66/h16-59H,1-15H3/i16D,17D,18D,19D,20D,21D,22D,23D,24D,25D,28D,29D,30D,31D,32D,33D,36D,37D. The summed E-state index contributed by atoms with van der Waals surface area (Å²) in [4.78, 5) is 4.25.